The lowest BCUT2D eigenvalue weighted by Crippen LogP contribution is -2.45. The molecule has 104 valence electrons. The second-order valence-corrected chi connectivity index (χ2v) is 6.05. The molecule has 1 saturated heterocycles. The van der Waals surface area contributed by atoms with Crippen molar-refractivity contribution in [2.75, 3.05) is 19.6 Å². The van der Waals surface area contributed by atoms with Gasteiger partial charge in [-0.2, -0.15) is 0 Å². The fourth-order valence-corrected chi connectivity index (χ4v) is 3.96. The fourth-order valence-electron chi connectivity index (χ4n) is 3.96. The minimum Gasteiger partial charge on any atom is -0.313 e. The van der Waals surface area contributed by atoms with E-state index in [1.165, 1.54) is 44.3 Å². The molecule has 0 amide bonds. The molecule has 1 heterocycles. The summed E-state index contributed by atoms with van der Waals surface area (Å²) in [5.41, 5.74) is 1.53. The van der Waals surface area contributed by atoms with Gasteiger partial charge in [-0.25, -0.2) is 0 Å². The Labute approximate surface area is 117 Å². The first-order valence-corrected chi connectivity index (χ1v) is 7.91. The monoisotopic (exact) mass is 258 g/mol. The van der Waals surface area contributed by atoms with Crippen LogP contribution in [-0.4, -0.2) is 36.6 Å². The van der Waals surface area contributed by atoms with Crippen molar-refractivity contribution in [1.82, 2.24) is 10.2 Å². The maximum absolute atomic E-state index is 3.68. The Balaban J connectivity index is 1.62. The van der Waals surface area contributed by atoms with E-state index in [0.717, 1.165) is 24.5 Å². The molecule has 1 N–H and O–H groups in total. The summed E-state index contributed by atoms with van der Waals surface area (Å²) in [6.45, 7) is 5.88. The maximum Gasteiger partial charge on any atom is 0.0249 e. The van der Waals surface area contributed by atoms with Crippen LogP contribution in [0, 0.1) is 0 Å². The average molecular weight is 258 g/mol. The van der Waals surface area contributed by atoms with Gasteiger partial charge in [-0.1, -0.05) is 43.7 Å². The van der Waals surface area contributed by atoms with Crippen LogP contribution in [0.5, 0.6) is 0 Å². The number of rotatable bonds is 4. The summed E-state index contributed by atoms with van der Waals surface area (Å²) in [5.74, 6) is 0.754. The van der Waals surface area contributed by atoms with Gasteiger partial charge in [0.15, 0.2) is 0 Å². The molecule has 1 saturated carbocycles. The van der Waals surface area contributed by atoms with Crippen molar-refractivity contribution in [3.63, 3.8) is 0 Å². The first-order valence-electron chi connectivity index (χ1n) is 7.91. The summed E-state index contributed by atoms with van der Waals surface area (Å²) in [6, 6.07) is 12.6. The largest absolute Gasteiger partial charge is 0.313 e. The molecule has 3 rings (SSSR count). The number of likely N-dealkylation sites (tertiary alicyclic amines) is 1. The number of likely N-dealkylation sites (N-methyl/N-ethyl adjacent to an activating group) is 1. The Kier molecular flexibility index (Phi) is 4.19. The van der Waals surface area contributed by atoms with Gasteiger partial charge in [-0.05, 0) is 43.8 Å². The molecule has 2 nitrogen and oxygen atoms in total. The molecule has 0 spiro atoms. The Morgan fingerprint density at radius 3 is 2.79 bits per heavy atom. The minimum atomic E-state index is 0.736. The number of benzene rings is 1. The van der Waals surface area contributed by atoms with Crippen molar-refractivity contribution < 1.29 is 0 Å². The molecule has 2 heteroatoms. The molecule has 0 radical (unpaired) electrons. The molecule has 1 aromatic rings. The molecule has 0 aromatic heterocycles. The van der Waals surface area contributed by atoms with E-state index in [-0.39, 0.29) is 0 Å². The van der Waals surface area contributed by atoms with Gasteiger partial charge in [-0.15, -0.1) is 0 Å². The van der Waals surface area contributed by atoms with Crippen LogP contribution in [0.2, 0.25) is 0 Å². The van der Waals surface area contributed by atoms with Crippen molar-refractivity contribution in [2.45, 2.75) is 50.6 Å². The minimum absolute atomic E-state index is 0.736. The van der Waals surface area contributed by atoms with Crippen LogP contribution in [0.25, 0.3) is 0 Å². The maximum atomic E-state index is 3.68. The Morgan fingerprint density at radius 2 is 2.00 bits per heavy atom. The topological polar surface area (TPSA) is 15.3 Å². The lowest BCUT2D eigenvalue weighted by atomic mass is 9.99. The lowest BCUT2D eigenvalue weighted by molar-refractivity contribution is 0.210. The molecule has 3 unspecified atom stereocenters. The summed E-state index contributed by atoms with van der Waals surface area (Å²) in [5, 5.41) is 3.68. The van der Waals surface area contributed by atoms with Crippen molar-refractivity contribution in [3.05, 3.63) is 35.9 Å². The highest BCUT2D eigenvalue weighted by molar-refractivity contribution is 5.21. The molecule has 0 bridgehead atoms. The van der Waals surface area contributed by atoms with E-state index in [1.807, 2.05) is 0 Å². The molecule has 1 aliphatic carbocycles. The summed E-state index contributed by atoms with van der Waals surface area (Å²) in [4.78, 5) is 2.75. The molecule has 1 aliphatic heterocycles. The third-order valence-corrected chi connectivity index (χ3v) is 4.91. The van der Waals surface area contributed by atoms with Crippen LogP contribution in [-0.2, 0) is 0 Å². The van der Waals surface area contributed by atoms with E-state index >= 15 is 0 Å². The van der Waals surface area contributed by atoms with Crippen molar-refractivity contribution in [3.8, 4) is 0 Å². The van der Waals surface area contributed by atoms with Crippen molar-refractivity contribution >= 4 is 0 Å². The second kappa shape index (κ2) is 6.06. The van der Waals surface area contributed by atoms with E-state index < -0.39 is 0 Å². The smallest absolute Gasteiger partial charge is 0.0249 e. The van der Waals surface area contributed by atoms with Gasteiger partial charge in [0.25, 0.3) is 0 Å². The van der Waals surface area contributed by atoms with Gasteiger partial charge in [0, 0.05) is 18.6 Å². The molecular formula is C17H26N2. The zero-order valence-electron chi connectivity index (χ0n) is 12.0. The second-order valence-electron chi connectivity index (χ2n) is 6.05. The molecule has 19 heavy (non-hydrogen) atoms. The third-order valence-electron chi connectivity index (χ3n) is 4.91. The van der Waals surface area contributed by atoms with E-state index in [0.29, 0.717) is 0 Å². The number of nitrogens with zero attached hydrogens (tertiary/aromatic N) is 1. The van der Waals surface area contributed by atoms with Crippen LogP contribution >= 0.6 is 0 Å². The van der Waals surface area contributed by atoms with E-state index in [4.69, 9.17) is 0 Å². The lowest BCUT2D eigenvalue weighted by Gasteiger charge is -2.30. The van der Waals surface area contributed by atoms with Gasteiger partial charge < -0.3 is 5.32 Å². The third kappa shape index (κ3) is 2.85. The predicted molar refractivity (Wildman–Crippen MR) is 80.5 cm³/mol. The number of hydrogen-bond donors (Lipinski definition) is 1. The number of hydrogen-bond acceptors (Lipinski definition) is 2. The zero-order valence-corrected chi connectivity index (χ0v) is 12.0. The van der Waals surface area contributed by atoms with Crippen LogP contribution < -0.4 is 5.32 Å². The van der Waals surface area contributed by atoms with Gasteiger partial charge in [0.1, 0.15) is 0 Å². The summed E-state index contributed by atoms with van der Waals surface area (Å²) in [6.07, 6.45) is 5.48. The van der Waals surface area contributed by atoms with Gasteiger partial charge >= 0.3 is 0 Å². The molecular weight excluding hydrogens is 232 g/mol. The molecule has 2 fully saturated rings. The Bertz CT molecular complexity index is 390. The van der Waals surface area contributed by atoms with Crippen molar-refractivity contribution in [1.29, 1.82) is 0 Å². The van der Waals surface area contributed by atoms with Gasteiger partial charge in [-0.3, -0.25) is 4.90 Å². The zero-order chi connectivity index (χ0) is 13.1. The molecule has 1 aromatic carbocycles. The summed E-state index contributed by atoms with van der Waals surface area (Å²) < 4.78 is 0. The highest BCUT2D eigenvalue weighted by Gasteiger charge is 2.35. The van der Waals surface area contributed by atoms with E-state index in [1.54, 1.807) is 0 Å². The van der Waals surface area contributed by atoms with E-state index in [2.05, 4.69) is 47.5 Å². The fraction of sp³-hybridized carbons (Fsp3) is 0.647. The first kappa shape index (κ1) is 13.1. The summed E-state index contributed by atoms with van der Waals surface area (Å²) in [7, 11) is 0. The molecule has 2 aliphatic rings. The Morgan fingerprint density at radius 1 is 1.16 bits per heavy atom. The van der Waals surface area contributed by atoms with Crippen LogP contribution in [0.15, 0.2) is 30.3 Å². The van der Waals surface area contributed by atoms with Crippen LogP contribution in [0.4, 0.5) is 0 Å². The number of nitrogens with one attached hydrogen (secondary N) is 1. The highest BCUT2D eigenvalue weighted by atomic mass is 15.2. The normalized spacial score (nSPS) is 31.9. The van der Waals surface area contributed by atoms with Gasteiger partial charge in [0.05, 0.1) is 0 Å². The van der Waals surface area contributed by atoms with E-state index in [9.17, 15) is 0 Å². The van der Waals surface area contributed by atoms with Crippen molar-refractivity contribution in [2.24, 2.45) is 0 Å². The Hall–Kier alpha value is -0.860. The first-order chi connectivity index (χ1) is 9.38. The SMILES string of the molecule is CCNC1CCCC1N1CCC(c2ccccc2)C1. The van der Waals surface area contributed by atoms with Crippen LogP contribution in [0.3, 0.4) is 0 Å². The molecule has 3 atom stereocenters. The quantitative estimate of drug-likeness (QED) is 0.893. The standard InChI is InChI=1S/C17H26N2/c1-2-18-16-9-6-10-17(16)19-12-11-15(13-19)14-7-4-3-5-8-14/h3-5,7-8,15-18H,2,6,9-13H2,1H3. The van der Waals surface area contributed by atoms with Crippen LogP contribution in [0.1, 0.15) is 44.1 Å². The average Bonchev–Trinajstić information content (AvgIpc) is 3.08. The van der Waals surface area contributed by atoms with Gasteiger partial charge in [0.2, 0.25) is 0 Å². The predicted octanol–water partition coefficient (Wildman–Crippen LogP) is 3.01. The summed E-state index contributed by atoms with van der Waals surface area (Å²) >= 11 is 0. The highest BCUT2D eigenvalue weighted by Crippen LogP contribution is 2.33.